The van der Waals surface area contributed by atoms with Gasteiger partial charge < -0.3 is 10.4 Å². The topological polar surface area (TPSA) is 69.6 Å². The smallest absolute Gasteiger partial charge is 0.323 e. The molecule has 0 fully saturated rings. The molecular formula is C15H21ClN2O3. The zero-order valence-electron chi connectivity index (χ0n) is 12.3. The van der Waals surface area contributed by atoms with E-state index in [1.807, 2.05) is 13.8 Å². The molecule has 5 nitrogen and oxygen atoms in total. The van der Waals surface area contributed by atoms with E-state index in [-0.39, 0.29) is 6.04 Å². The van der Waals surface area contributed by atoms with Crippen LogP contribution < -0.4 is 10.2 Å². The van der Waals surface area contributed by atoms with Gasteiger partial charge in [0.15, 0.2) is 0 Å². The molecule has 0 radical (unpaired) electrons. The average Bonchev–Trinajstić information content (AvgIpc) is 2.45. The fourth-order valence-electron chi connectivity index (χ4n) is 2.02. The number of rotatable bonds is 7. The maximum absolute atomic E-state index is 12.3. The maximum atomic E-state index is 12.3. The zero-order valence-corrected chi connectivity index (χ0v) is 13.1. The van der Waals surface area contributed by atoms with Crippen molar-refractivity contribution in [3.05, 3.63) is 29.3 Å². The molecule has 0 bridgehead atoms. The fourth-order valence-corrected chi connectivity index (χ4v) is 2.14. The van der Waals surface area contributed by atoms with Crippen LogP contribution >= 0.6 is 11.6 Å². The van der Waals surface area contributed by atoms with Crippen molar-refractivity contribution >= 4 is 29.3 Å². The number of amides is 2. The molecule has 0 aliphatic heterocycles. The van der Waals surface area contributed by atoms with E-state index in [0.717, 1.165) is 19.3 Å². The SMILES string of the molecule is CCCC(CC)NC(=O)N(CC(=O)O)c1ccc(Cl)cc1. The van der Waals surface area contributed by atoms with Gasteiger partial charge in [-0.25, -0.2) is 4.79 Å². The zero-order chi connectivity index (χ0) is 15.8. The van der Waals surface area contributed by atoms with Crippen LogP contribution in [0.25, 0.3) is 0 Å². The van der Waals surface area contributed by atoms with E-state index < -0.39 is 18.5 Å². The second-order valence-corrected chi connectivity index (χ2v) is 5.24. The van der Waals surface area contributed by atoms with E-state index in [0.29, 0.717) is 10.7 Å². The number of urea groups is 1. The highest BCUT2D eigenvalue weighted by Gasteiger charge is 2.20. The molecule has 0 aliphatic rings. The lowest BCUT2D eigenvalue weighted by Gasteiger charge is -2.25. The Bertz CT molecular complexity index is 476. The lowest BCUT2D eigenvalue weighted by atomic mass is 10.1. The highest BCUT2D eigenvalue weighted by Crippen LogP contribution is 2.18. The second kappa shape index (κ2) is 8.52. The number of hydrogen-bond donors (Lipinski definition) is 2. The Morgan fingerprint density at radius 3 is 2.38 bits per heavy atom. The third-order valence-corrected chi connectivity index (χ3v) is 3.39. The number of benzene rings is 1. The van der Waals surface area contributed by atoms with E-state index >= 15 is 0 Å². The van der Waals surface area contributed by atoms with Gasteiger partial charge in [0.2, 0.25) is 0 Å². The summed E-state index contributed by atoms with van der Waals surface area (Å²) >= 11 is 5.81. The maximum Gasteiger partial charge on any atom is 0.323 e. The van der Waals surface area contributed by atoms with E-state index in [9.17, 15) is 9.59 Å². The van der Waals surface area contributed by atoms with E-state index in [1.54, 1.807) is 24.3 Å². The lowest BCUT2D eigenvalue weighted by Crippen LogP contribution is -2.46. The van der Waals surface area contributed by atoms with Crippen LogP contribution in [0.2, 0.25) is 5.02 Å². The first-order valence-electron chi connectivity index (χ1n) is 7.03. The molecular weight excluding hydrogens is 292 g/mol. The van der Waals surface area contributed by atoms with Gasteiger partial charge >= 0.3 is 12.0 Å². The number of aliphatic carboxylic acids is 1. The molecule has 1 aromatic carbocycles. The van der Waals surface area contributed by atoms with Crippen LogP contribution in [0.5, 0.6) is 0 Å². The van der Waals surface area contributed by atoms with E-state index in [1.165, 1.54) is 4.90 Å². The standard InChI is InChI=1S/C15H21ClN2O3/c1-3-5-12(4-2)17-15(21)18(10-14(19)20)13-8-6-11(16)7-9-13/h6-9,12H,3-5,10H2,1-2H3,(H,17,21)(H,19,20). The van der Waals surface area contributed by atoms with Gasteiger partial charge in [-0.05, 0) is 37.1 Å². The number of carbonyl (C=O) groups is 2. The monoisotopic (exact) mass is 312 g/mol. The number of nitrogens with zero attached hydrogens (tertiary/aromatic N) is 1. The summed E-state index contributed by atoms with van der Waals surface area (Å²) in [5.74, 6) is -1.07. The minimum atomic E-state index is -1.07. The molecule has 6 heteroatoms. The summed E-state index contributed by atoms with van der Waals surface area (Å²) in [5.41, 5.74) is 0.505. The van der Waals surface area contributed by atoms with Crippen LogP contribution in [0.3, 0.4) is 0 Å². The summed E-state index contributed by atoms with van der Waals surface area (Å²) in [6.45, 7) is 3.64. The Balaban J connectivity index is 2.88. The molecule has 1 rings (SSSR count). The summed E-state index contributed by atoms with van der Waals surface area (Å²) in [6.07, 6.45) is 2.63. The average molecular weight is 313 g/mol. The van der Waals surface area contributed by atoms with Crippen LogP contribution in [-0.4, -0.2) is 29.7 Å². The molecule has 21 heavy (non-hydrogen) atoms. The summed E-state index contributed by atoms with van der Waals surface area (Å²) in [5, 5.41) is 12.4. The molecule has 1 aromatic rings. The van der Waals surface area contributed by atoms with Gasteiger partial charge in [-0.3, -0.25) is 9.69 Å². The van der Waals surface area contributed by atoms with Crippen molar-refractivity contribution in [1.82, 2.24) is 5.32 Å². The van der Waals surface area contributed by atoms with Gasteiger partial charge in [0.1, 0.15) is 6.54 Å². The van der Waals surface area contributed by atoms with E-state index in [4.69, 9.17) is 16.7 Å². The molecule has 2 N–H and O–H groups in total. The van der Waals surface area contributed by atoms with Crippen molar-refractivity contribution in [1.29, 1.82) is 0 Å². The first-order valence-corrected chi connectivity index (χ1v) is 7.41. The molecule has 0 saturated heterocycles. The van der Waals surface area contributed by atoms with Crippen molar-refractivity contribution in [2.24, 2.45) is 0 Å². The van der Waals surface area contributed by atoms with Crippen LogP contribution in [0.4, 0.5) is 10.5 Å². The van der Waals surface area contributed by atoms with Crippen LogP contribution in [0, 0.1) is 0 Å². The molecule has 1 unspecified atom stereocenters. The summed E-state index contributed by atoms with van der Waals surface area (Å²) < 4.78 is 0. The van der Waals surface area contributed by atoms with Gasteiger partial charge in [-0.15, -0.1) is 0 Å². The van der Waals surface area contributed by atoms with Crippen molar-refractivity contribution in [2.45, 2.75) is 39.2 Å². The van der Waals surface area contributed by atoms with E-state index in [2.05, 4.69) is 5.32 Å². The van der Waals surface area contributed by atoms with Gasteiger partial charge in [0.25, 0.3) is 0 Å². The summed E-state index contributed by atoms with van der Waals surface area (Å²) in [7, 11) is 0. The van der Waals surface area contributed by atoms with Crippen molar-refractivity contribution < 1.29 is 14.7 Å². The van der Waals surface area contributed by atoms with Gasteiger partial charge in [0, 0.05) is 16.8 Å². The van der Waals surface area contributed by atoms with Crippen molar-refractivity contribution in [3.8, 4) is 0 Å². The number of nitrogens with one attached hydrogen (secondary N) is 1. The normalized spacial score (nSPS) is 11.8. The number of carbonyl (C=O) groups excluding carboxylic acids is 1. The number of anilines is 1. The molecule has 116 valence electrons. The Labute approximate surface area is 129 Å². The number of hydrogen-bond acceptors (Lipinski definition) is 2. The second-order valence-electron chi connectivity index (χ2n) is 4.80. The Morgan fingerprint density at radius 1 is 1.29 bits per heavy atom. The predicted molar refractivity (Wildman–Crippen MR) is 84.0 cm³/mol. The van der Waals surface area contributed by atoms with Crippen molar-refractivity contribution in [2.75, 3.05) is 11.4 Å². The molecule has 0 heterocycles. The highest BCUT2D eigenvalue weighted by molar-refractivity contribution is 6.30. The number of carboxylic acids is 1. The van der Waals surface area contributed by atoms with Gasteiger partial charge in [-0.2, -0.15) is 0 Å². The minimum absolute atomic E-state index is 0.0473. The van der Waals surface area contributed by atoms with Crippen LogP contribution in [-0.2, 0) is 4.79 Å². The largest absolute Gasteiger partial charge is 0.480 e. The van der Waals surface area contributed by atoms with Crippen molar-refractivity contribution in [3.63, 3.8) is 0 Å². The minimum Gasteiger partial charge on any atom is -0.480 e. The fraction of sp³-hybridized carbons (Fsp3) is 0.467. The molecule has 0 spiro atoms. The highest BCUT2D eigenvalue weighted by atomic mass is 35.5. The molecule has 0 aliphatic carbocycles. The molecule has 1 atom stereocenters. The first-order chi connectivity index (χ1) is 9.97. The van der Waals surface area contributed by atoms with Crippen LogP contribution in [0.15, 0.2) is 24.3 Å². The lowest BCUT2D eigenvalue weighted by molar-refractivity contribution is -0.135. The number of carboxylic acid groups (broad SMARTS) is 1. The molecule has 0 aromatic heterocycles. The van der Waals surface area contributed by atoms with Gasteiger partial charge in [0.05, 0.1) is 0 Å². The third-order valence-electron chi connectivity index (χ3n) is 3.13. The van der Waals surface area contributed by atoms with Crippen LogP contribution in [0.1, 0.15) is 33.1 Å². The Morgan fingerprint density at radius 2 is 1.90 bits per heavy atom. The van der Waals surface area contributed by atoms with Gasteiger partial charge in [-0.1, -0.05) is 31.9 Å². The first kappa shape index (κ1) is 17.3. The Kier molecular flexibility index (Phi) is 7.02. The summed E-state index contributed by atoms with van der Waals surface area (Å²) in [6, 6.07) is 6.16. The quantitative estimate of drug-likeness (QED) is 0.809. The molecule has 0 saturated carbocycles. The number of halogens is 1. The molecule has 2 amide bonds. The Hall–Kier alpha value is -1.75. The predicted octanol–water partition coefficient (Wildman–Crippen LogP) is 3.52. The summed E-state index contributed by atoms with van der Waals surface area (Å²) in [4.78, 5) is 24.5. The third kappa shape index (κ3) is 5.63.